The molecule has 2 heterocycles. The molecule has 0 aromatic rings. The third kappa shape index (κ3) is 3.73. The Morgan fingerprint density at radius 1 is 0.962 bits per heavy atom. The summed E-state index contributed by atoms with van der Waals surface area (Å²) in [4.78, 5) is 11.2. The molecule has 0 bridgehead atoms. The van der Waals surface area contributed by atoms with Crippen molar-refractivity contribution in [3.8, 4) is 0 Å². The Balaban J connectivity index is 1.70. The molecular weight excluding hydrogens is 373 g/mol. The van der Waals surface area contributed by atoms with Crippen molar-refractivity contribution in [1.29, 1.82) is 0 Å². The van der Waals surface area contributed by atoms with E-state index in [-0.39, 0.29) is 5.41 Å². The third-order valence-corrected chi connectivity index (χ3v) is 8.34. The number of alkyl halides is 3. The molecule has 2 atom stereocenters. The van der Waals surface area contributed by atoms with Gasteiger partial charge in [-0.15, -0.1) is 0 Å². The fraction of sp³-hybridized carbons (Fsp3) is 0.938. The zero-order valence-corrected chi connectivity index (χ0v) is 15.4. The van der Waals surface area contributed by atoms with Gasteiger partial charge in [0.2, 0.25) is 0 Å². The van der Waals surface area contributed by atoms with Gasteiger partial charge >= 0.3 is 12.1 Å². The number of carboxylic acids is 1. The maximum Gasteiger partial charge on any atom is 0.393 e. The van der Waals surface area contributed by atoms with E-state index >= 15 is 0 Å². The normalized spacial score (nSPS) is 31.3. The molecule has 0 aromatic heterocycles. The van der Waals surface area contributed by atoms with E-state index in [2.05, 4.69) is 0 Å². The number of aliphatic carboxylic acids is 1. The van der Waals surface area contributed by atoms with Crippen molar-refractivity contribution in [3.63, 3.8) is 0 Å². The van der Waals surface area contributed by atoms with Crippen molar-refractivity contribution in [2.75, 3.05) is 26.2 Å². The number of hydrogen-bond donors (Lipinski definition) is 1. The Bertz CT molecular complexity index is 636. The molecule has 0 unspecified atom stereocenters. The van der Waals surface area contributed by atoms with E-state index in [9.17, 15) is 26.4 Å². The molecular formula is C16H25F3N2O4S. The van der Waals surface area contributed by atoms with Gasteiger partial charge in [0.15, 0.2) is 0 Å². The molecule has 3 fully saturated rings. The Labute approximate surface area is 151 Å². The second-order valence-corrected chi connectivity index (χ2v) is 9.81. The molecule has 1 N–H and O–H groups in total. The van der Waals surface area contributed by atoms with Crippen LogP contribution < -0.4 is 0 Å². The van der Waals surface area contributed by atoms with Crippen molar-refractivity contribution in [2.24, 2.45) is 17.3 Å². The van der Waals surface area contributed by atoms with Crippen LogP contribution >= 0.6 is 0 Å². The summed E-state index contributed by atoms with van der Waals surface area (Å²) in [6.07, 6.45) is 2.38. The molecule has 3 aliphatic rings. The van der Waals surface area contributed by atoms with Crippen LogP contribution in [-0.2, 0) is 15.0 Å². The van der Waals surface area contributed by atoms with E-state index in [4.69, 9.17) is 5.11 Å². The van der Waals surface area contributed by atoms with E-state index < -0.39 is 47.3 Å². The summed E-state index contributed by atoms with van der Waals surface area (Å²) in [5, 5.41) is 9.07. The van der Waals surface area contributed by atoms with Crippen molar-refractivity contribution < 1.29 is 31.5 Å². The molecule has 0 aromatic carbocycles. The van der Waals surface area contributed by atoms with Gasteiger partial charge in [0.25, 0.3) is 10.2 Å². The van der Waals surface area contributed by atoms with Gasteiger partial charge in [0, 0.05) is 26.2 Å². The number of nitrogens with zero attached hydrogens (tertiary/aromatic N) is 2. The highest BCUT2D eigenvalue weighted by Crippen LogP contribution is 2.45. The average Bonchev–Trinajstić information content (AvgIpc) is 3.03. The minimum atomic E-state index is -4.73. The van der Waals surface area contributed by atoms with Crippen LogP contribution in [0.2, 0.25) is 0 Å². The SMILES string of the molecule is O=C(O)[C@@H]1CN(S(=O)(=O)N2CCC3(CCCCC3)CC2)C[C@H]1C(F)(F)F. The first kappa shape index (κ1) is 19.9. The van der Waals surface area contributed by atoms with Crippen molar-refractivity contribution in [3.05, 3.63) is 0 Å². The lowest BCUT2D eigenvalue weighted by Crippen LogP contribution is -2.49. The van der Waals surface area contributed by atoms with E-state index in [1.54, 1.807) is 0 Å². The second kappa shape index (κ2) is 6.94. The van der Waals surface area contributed by atoms with Crippen LogP contribution in [0.25, 0.3) is 0 Å². The Morgan fingerprint density at radius 3 is 2.00 bits per heavy atom. The quantitative estimate of drug-likeness (QED) is 0.792. The molecule has 2 aliphatic heterocycles. The first-order chi connectivity index (χ1) is 12.1. The van der Waals surface area contributed by atoms with Crippen LogP contribution in [0, 0.1) is 17.3 Å². The molecule has 1 saturated carbocycles. The Hall–Kier alpha value is -0.870. The minimum absolute atomic E-state index is 0.174. The lowest BCUT2D eigenvalue weighted by Gasteiger charge is -2.44. The Morgan fingerprint density at radius 2 is 1.54 bits per heavy atom. The van der Waals surface area contributed by atoms with Crippen molar-refractivity contribution >= 4 is 16.2 Å². The van der Waals surface area contributed by atoms with Gasteiger partial charge in [-0.1, -0.05) is 19.3 Å². The fourth-order valence-corrected chi connectivity index (χ4v) is 6.36. The lowest BCUT2D eigenvalue weighted by molar-refractivity contribution is -0.187. The predicted octanol–water partition coefficient (Wildman–Crippen LogP) is 2.47. The first-order valence-corrected chi connectivity index (χ1v) is 10.5. The van der Waals surface area contributed by atoms with Gasteiger partial charge < -0.3 is 5.11 Å². The fourth-order valence-electron chi connectivity index (χ4n) is 4.69. The minimum Gasteiger partial charge on any atom is -0.481 e. The van der Waals surface area contributed by atoms with Gasteiger partial charge in [0.1, 0.15) is 0 Å². The molecule has 26 heavy (non-hydrogen) atoms. The van der Waals surface area contributed by atoms with Gasteiger partial charge in [0.05, 0.1) is 11.8 Å². The monoisotopic (exact) mass is 398 g/mol. The number of halogens is 3. The summed E-state index contributed by atoms with van der Waals surface area (Å²) in [6, 6.07) is 0. The zero-order valence-electron chi connectivity index (χ0n) is 14.5. The summed E-state index contributed by atoms with van der Waals surface area (Å²) < 4.78 is 66.9. The van der Waals surface area contributed by atoms with E-state index in [1.807, 2.05) is 0 Å². The molecule has 0 amide bonds. The Kier molecular flexibility index (Phi) is 5.31. The maximum absolute atomic E-state index is 13.1. The lowest BCUT2D eigenvalue weighted by atomic mass is 9.68. The third-order valence-electron chi connectivity index (χ3n) is 6.37. The number of carboxylic acid groups (broad SMARTS) is 1. The van der Waals surface area contributed by atoms with E-state index in [0.29, 0.717) is 17.4 Å². The van der Waals surface area contributed by atoms with Crippen LogP contribution in [-0.4, -0.2) is 60.5 Å². The van der Waals surface area contributed by atoms with Crippen LogP contribution in [0.3, 0.4) is 0 Å². The highest BCUT2D eigenvalue weighted by atomic mass is 32.2. The van der Waals surface area contributed by atoms with E-state index in [0.717, 1.165) is 38.5 Å². The maximum atomic E-state index is 13.1. The summed E-state index contributed by atoms with van der Waals surface area (Å²) in [7, 11) is -4.07. The second-order valence-electron chi connectivity index (χ2n) is 7.88. The molecule has 6 nitrogen and oxygen atoms in total. The van der Waals surface area contributed by atoms with Gasteiger partial charge in [-0.25, -0.2) is 0 Å². The summed E-state index contributed by atoms with van der Waals surface area (Å²) >= 11 is 0. The summed E-state index contributed by atoms with van der Waals surface area (Å²) in [5.41, 5.74) is 0.174. The van der Waals surface area contributed by atoms with Crippen LogP contribution in [0.4, 0.5) is 13.2 Å². The first-order valence-electron chi connectivity index (χ1n) is 9.10. The van der Waals surface area contributed by atoms with Crippen molar-refractivity contribution in [1.82, 2.24) is 8.61 Å². The largest absolute Gasteiger partial charge is 0.481 e. The zero-order chi connectivity index (χ0) is 19.2. The smallest absolute Gasteiger partial charge is 0.393 e. The van der Waals surface area contributed by atoms with Gasteiger partial charge in [-0.3, -0.25) is 4.79 Å². The summed E-state index contributed by atoms with van der Waals surface area (Å²) in [6.45, 7) is -0.839. The van der Waals surface area contributed by atoms with Gasteiger partial charge in [-0.2, -0.15) is 30.2 Å². The van der Waals surface area contributed by atoms with Crippen LogP contribution in [0.5, 0.6) is 0 Å². The predicted molar refractivity (Wildman–Crippen MR) is 87.5 cm³/mol. The van der Waals surface area contributed by atoms with Crippen LogP contribution in [0.1, 0.15) is 44.9 Å². The summed E-state index contributed by atoms with van der Waals surface area (Å²) in [5.74, 6) is -5.52. The molecule has 1 spiro atoms. The molecule has 10 heteroatoms. The van der Waals surface area contributed by atoms with Crippen LogP contribution in [0.15, 0.2) is 0 Å². The highest BCUT2D eigenvalue weighted by Gasteiger charge is 2.55. The molecule has 3 rings (SSSR count). The molecule has 0 radical (unpaired) electrons. The molecule has 2 saturated heterocycles. The average molecular weight is 398 g/mol. The molecule has 150 valence electrons. The highest BCUT2D eigenvalue weighted by molar-refractivity contribution is 7.86. The standard InChI is InChI=1S/C16H25F3N2O4S/c17-16(18,19)13-11-21(10-12(13)14(22)23)26(24,25)20-8-6-15(7-9-20)4-2-1-3-5-15/h12-13H,1-11H2,(H,22,23)/t12-,13-/m1/s1. The van der Waals surface area contributed by atoms with Gasteiger partial charge in [-0.05, 0) is 31.1 Å². The number of hydrogen-bond acceptors (Lipinski definition) is 3. The number of carbonyl (C=O) groups is 1. The topological polar surface area (TPSA) is 77.9 Å². The van der Waals surface area contributed by atoms with E-state index in [1.165, 1.54) is 10.7 Å². The number of piperidine rings is 1. The molecule has 1 aliphatic carbocycles. The number of rotatable bonds is 3. The van der Waals surface area contributed by atoms with Crippen molar-refractivity contribution in [2.45, 2.75) is 51.1 Å².